The average Bonchev–Trinajstić information content (AvgIpc) is 2.26. The lowest BCUT2D eigenvalue weighted by molar-refractivity contribution is -0.137. The van der Waals surface area contributed by atoms with Gasteiger partial charge in [0.25, 0.3) is 0 Å². The first kappa shape index (κ1) is 14.2. The summed E-state index contributed by atoms with van der Waals surface area (Å²) in [5.74, 6) is 0.383. The van der Waals surface area contributed by atoms with E-state index in [4.69, 9.17) is 11.6 Å². The highest BCUT2D eigenvalue weighted by Gasteiger charge is 2.33. The molecule has 96 valence electrons. The molecule has 0 unspecified atom stereocenters. The van der Waals surface area contributed by atoms with Crippen LogP contribution in [0.4, 0.5) is 18.9 Å². The molecule has 0 fully saturated rings. The van der Waals surface area contributed by atoms with Crippen LogP contribution < -0.4 is 5.32 Å². The minimum atomic E-state index is -4.34. The van der Waals surface area contributed by atoms with Crippen LogP contribution in [0.25, 0.3) is 0 Å². The molecular weight excluding hydrogens is 251 g/mol. The SMILES string of the molecule is CC(C)(CCl)CNc1ccccc1C(F)(F)F. The topological polar surface area (TPSA) is 12.0 Å². The molecule has 0 aromatic heterocycles. The second-order valence-electron chi connectivity index (χ2n) is 4.69. The zero-order valence-electron chi connectivity index (χ0n) is 9.74. The Bertz CT molecular complexity index is 374. The van der Waals surface area contributed by atoms with Gasteiger partial charge in [-0.05, 0) is 17.5 Å². The van der Waals surface area contributed by atoms with Gasteiger partial charge in [0, 0.05) is 18.1 Å². The number of rotatable bonds is 4. The number of alkyl halides is 4. The van der Waals surface area contributed by atoms with Gasteiger partial charge < -0.3 is 5.32 Å². The molecule has 1 rings (SSSR count). The predicted octanol–water partition coefficient (Wildman–Crippen LogP) is 4.38. The summed E-state index contributed by atoms with van der Waals surface area (Å²) in [6, 6.07) is 5.44. The largest absolute Gasteiger partial charge is 0.418 e. The number of para-hydroxylation sites is 1. The molecule has 0 radical (unpaired) electrons. The third kappa shape index (κ3) is 4.11. The number of benzene rings is 1. The second-order valence-corrected chi connectivity index (χ2v) is 4.96. The highest BCUT2D eigenvalue weighted by Crippen LogP contribution is 2.35. The van der Waals surface area contributed by atoms with Crippen LogP contribution in [-0.4, -0.2) is 12.4 Å². The first-order valence-corrected chi connectivity index (χ1v) is 5.76. The Morgan fingerprint density at radius 1 is 1.18 bits per heavy atom. The standard InChI is InChI=1S/C12H15ClF3N/c1-11(2,7-13)8-17-10-6-4-3-5-9(10)12(14,15)16/h3-6,17H,7-8H2,1-2H3. The maximum absolute atomic E-state index is 12.7. The van der Waals surface area contributed by atoms with Crippen molar-refractivity contribution in [3.05, 3.63) is 29.8 Å². The summed E-state index contributed by atoms with van der Waals surface area (Å²) in [6.45, 7) is 4.18. The Kier molecular flexibility index (Phi) is 4.31. The molecule has 0 aliphatic heterocycles. The van der Waals surface area contributed by atoms with E-state index < -0.39 is 11.7 Å². The smallest absolute Gasteiger partial charge is 0.384 e. The minimum Gasteiger partial charge on any atom is -0.384 e. The van der Waals surface area contributed by atoms with Crippen LogP contribution in [-0.2, 0) is 6.18 Å². The molecule has 0 bridgehead atoms. The molecule has 0 amide bonds. The molecule has 1 N–H and O–H groups in total. The van der Waals surface area contributed by atoms with Crippen molar-refractivity contribution in [1.82, 2.24) is 0 Å². The van der Waals surface area contributed by atoms with E-state index in [9.17, 15) is 13.2 Å². The van der Waals surface area contributed by atoms with Gasteiger partial charge in [0.2, 0.25) is 0 Å². The fourth-order valence-electron chi connectivity index (χ4n) is 1.27. The van der Waals surface area contributed by atoms with Crippen LogP contribution in [0.3, 0.4) is 0 Å². The van der Waals surface area contributed by atoms with Crippen LogP contribution in [0.15, 0.2) is 24.3 Å². The third-order valence-corrected chi connectivity index (χ3v) is 3.08. The lowest BCUT2D eigenvalue weighted by atomic mass is 9.96. The van der Waals surface area contributed by atoms with E-state index >= 15 is 0 Å². The molecule has 17 heavy (non-hydrogen) atoms. The summed E-state index contributed by atoms with van der Waals surface area (Å²) in [5, 5.41) is 2.81. The Hall–Kier alpha value is -0.900. The van der Waals surface area contributed by atoms with Crippen molar-refractivity contribution in [3.63, 3.8) is 0 Å². The van der Waals surface area contributed by atoms with E-state index in [1.165, 1.54) is 12.1 Å². The van der Waals surface area contributed by atoms with Crippen molar-refractivity contribution in [3.8, 4) is 0 Å². The van der Waals surface area contributed by atoms with Crippen LogP contribution in [0.2, 0.25) is 0 Å². The molecule has 0 saturated carbocycles. The molecule has 0 heterocycles. The maximum Gasteiger partial charge on any atom is 0.418 e. The van der Waals surface area contributed by atoms with Gasteiger partial charge in [-0.3, -0.25) is 0 Å². The quantitative estimate of drug-likeness (QED) is 0.797. The highest BCUT2D eigenvalue weighted by atomic mass is 35.5. The Morgan fingerprint density at radius 3 is 2.29 bits per heavy atom. The van der Waals surface area contributed by atoms with E-state index in [2.05, 4.69) is 5.32 Å². The molecule has 0 aliphatic carbocycles. The van der Waals surface area contributed by atoms with Crippen molar-refractivity contribution in [1.29, 1.82) is 0 Å². The molecule has 1 aromatic rings. The van der Waals surface area contributed by atoms with Crippen LogP contribution in [0.5, 0.6) is 0 Å². The first-order chi connectivity index (χ1) is 7.76. The van der Waals surface area contributed by atoms with Crippen LogP contribution in [0, 0.1) is 5.41 Å². The van der Waals surface area contributed by atoms with E-state index in [1.54, 1.807) is 6.07 Å². The number of nitrogens with one attached hydrogen (secondary N) is 1. The molecule has 1 aromatic carbocycles. The maximum atomic E-state index is 12.7. The van der Waals surface area contributed by atoms with E-state index in [0.717, 1.165) is 6.07 Å². The van der Waals surface area contributed by atoms with Gasteiger partial charge in [0.05, 0.1) is 5.56 Å². The number of hydrogen-bond acceptors (Lipinski definition) is 1. The molecule has 0 aliphatic rings. The highest BCUT2D eigenvalue weighted by molar-refractivity contribution is 6.18. The second kappa shape index (κ2) is 5.17. The van der Waals surface area contributed by atoms with Gasteiger partial charge >= 0.3 is 6.18 Å². The molecule has 0 saturated heterocycles. The fraction of sp³-hybridized carbons (Fsp3) is 0.500. The number of anilines is 1. The van der Waals surface area contributed by atoms with Gasteiger partial charge in [-0.2, -0.15) is 13.2 Å². The Balaban J connectivity index is 2.85. The molecule has 0 atom stereocenters. The van der Waals surface area contributed by atoms with Crippen LogP contribution in [0.1, 0.15) is 19.4 Å². The van der Waals surface area contributed by atoms with E-state index in [-0.39, 0.29) is 11.1 Å². The third-order valence-electron chi connectivity index (χ3n) is 2.35. The lowest BCUT2D eigenvalue weighted by Gasteiger charge is -2.23. The van der Waals surface area contributed by atoms with Crippen molar-refractivity contribution >= 4 is 17.3 Å². The van der Waals surface area contributed by atoms with Gasteiger partial charge in [-0.15, -0.1) is 11.6 Å². The Labute approximate surface area is 104 Å². The minimum absolute atomic E-state index is 0.0955. The van der Waals surface area contributed by atoms with E-state index in [0.29, 0.717) is 12.4 Å². The summed E-state index contributed by atoms with van der Waals surface area (Å²) in [6.07, 6.45) is -4.34. The van der Waals surface area contributed by atoms with Crippen molar-refractivity contribution in [2.24, 2.45) is 5.41 Å². The van der Waals surface area contributed by atoms with Crippen molar-refractivity contribution < 1.29 is 13.2 Å². The molecule has 5 heteroatoms. The fourth-order valence-corrected chi connectivity index (χ4v) is 1.36. The lowest BCUT2D eigenvalue weighted by Crippen LogP contribution is -2.25. The zero-order valence-corrected chi connectivity index (χ0v) is 10.5. The van der Waals surface area contributed by atoms with Crippen LogP contribution >= 0.6 is 11.6 Å². The molecule has 0 spiro atoms. The first-order valence-electron chi connectivity index (χ1n) is 5.22. The predicted molar refractivity (Wildman–Crippen MR) is 64.4 cm³/mol. The summed E-state index contributed by atoms with van der Waals surface area (Å²) in [7, 11) is 0. The molecule has 1 nitrogen and oxygen atoms in total. The van der Waals surface area contributed by atoms with Crippen molar-refractivity contribution in [2.75, 3.05) is 17.7 Å². The van der Waals surface area contributed by atoms with Gasteiger partial charge in [0.15, 0.2) is 0 Å². The van der Waals surface area contributed by atoms with Gasteiger partial charge in [0.1, 0.15) is 0 Å². The molecular formula is C12H15ClF3N. The van der Waals surface area contributed by atoms with Gasteiger partial charge in [-0.25, -0.2) is 0 Å². The Morgan fingerprint density at radius 2 is 1.76 bits per heavy atom. The summed E-state index contributed by atoms with van der Waals surface area (Å²) in [4.78, 5) is 0. The summed E-state index contributed by atoms with van der Waals surface area (Å²) >= 11 is 5.73. The zero-order chi connectivity index (χ0) is 13.1. The average molecular weight is 266 g/mol. The number of halogens is 4. The van der Waals surface area contributed by atoms with Gasteiger partial charge in [-0.1, -0.05) is 26.0 Å². The monoisotopic (exact) mass is 265 g/mol. The summed E-state index contributed by atoms with van der Waals surface area (Å²) in [5.41, 5.74) is -0.802. The normalized spacial score (nSPS) is 12.6. The van der Waals surface area contributed by atoms with Crippen molar-refractivity contribution in [2.45, 2.75) is 20.0 Å². The number of hydrogen-bond donors (Lipinski definition) is 1. The summed E-state index contributed by atoms with van der Waals surface area (Å²) < 4.78 is 38.1. The van der Waals surface area contributed by atoms with E-state index in [1.807, 2.05) is 13.8 Å².